The number of carboxylic acids is 1. The van der Waals surface area contributed by atoms with E-state index < -0.39 is 11.6 Å². The monoisotopic (exact) mass is 493 g/mol. The zero-order valence-corrected chi connectivity index (χ0v) is 20.5. The molecule has 2 heterocycles. The summed E-state index contributed by atoms with van der Waals surface area (Å²) in [5, 5.41) is 21.9. The molecule has 7 heteroatoms. The van der Waals surface area contributed by atoms with Crippen LogP contribution in [0.2, 0.25) is 0 Å². The number of aromatic amines is 2. The molecule has 7 nitrogen and oxygen atoms in total. The lowest BCUT2D eigenvalue weighted by atomic mass is 9.91. The van der Waals surface area contributed by atoms with E-state index >= 15 is 0 Å². The first-order valence-corrected chi connectivity index (χ1v) is 12.3. The Hall–Kier alpha value is -4.36. The number of aliphatic hydroxyl groups is 1. The number of ether oxygens (including phenoxy) is 1. The number of rotatable bonds is 7. The fraction of sp³-hybridized carbons (Fsp3) is 0.200. The van der Waals surface area contributed by atoms with Crippen molar-refractivity contribution in [2.75, 3.05) is 0 Å². The largest absolute Gasteiger partial charge is 0.481 e. The third kappa shape index (κ3) is 4.17. The van der Waals surface area contributed by atoms with Gasteiger partial charge in [-0.25, -0.2) is 4.98 Å². The van der Waals surface area contributed by atoms with Crippen LogP contribution >= 0.6 is 0 Å². The number of fused-ring (bicyclic) bond motifs is 1. The van der Waals surface area contributed by atoms with Crippen LogP contribution in [0.25, 0.3) is 22.3 Å². The maximum atomic E-state index is 11.5. The van der Waals surface area contributed by atoms with Crippen molar-refractivity contribution in [2.24, 2.45) is 5.92 Å². The van der Waals surface area contributed by atoms with Gasteiger partial charge in [0.25, 0.3) is 0 Å². The molecule has 3 aromatic carbocycles. The minimum atomic E-state index is -1.33. The van der Waals surface area contributed by atoms with Crippen molar-refractivity contribution >= 4 is 16.9 Å². The van der Waals surface area contributed by atoms with Crippen molar-refractivity contribution in [3.8, 4) is 22.9 Å². The Labute approximate surface area is 213 Å². The van der Waals surface area contributed by atoms with E-state index in [-0.39, 0.29) is 11.8 Å². The van der Waals surface area contributed by atoms with Crippen molar-refractivity contribution in [1.29, 1.82) is 0 Å². The van der Waals surface area contributed by atoms with Crippen LogP contribution < -0.4 is 4.74 Å². The van der Waals surface area contributed by atoms with Crippen LogP contribution in [0.4, 0.5) is 0 Å². The molecule has 0 spiro atoms. The maximum absolute atomic E-state index is 11.5. The molecule has 2 aromatic heterocycles. The predicted molar refractivity (Wildman–Crippen MR) is 141 cm³/mol. The molecule has 0 bridgehead atoms. The van der Waals surface area contributed by atoms with Gasteiger partial charge < -0.3 is 24.9 Å². The Kier molecular flexibility index (Phi) is 5.38. The lowest BCUT2D eigenvalue weighted by Gasteiger charge is -2.23. The molecule has 37 heavy (non-hydrogen) atoms. The molecule has 3 unspecified atom stereocenters. The molecule has 4 N–H and O–H groups in total. The Morgan fingerprint density at radius 3 is 2.76 bits per heavy atom. The molecular formula is C30H27N3O4. The van der Waals surface area contributed by atoms with Crippen LogP contribution in [0, 0.1) is 12.8 Å². The summed E-state index contributed by atoms with van der Waals surface area (Å²) in [6.07, 6.45) is 4.18. The summed E-state index contributed by atoms with van der Waals surface area (Å²) >= 11 is 0. The van der Waals surface area contributed by atoms with Gasteiger partial charge >= 0.3 is 5.97 Å². The minimum Gasteiger partial charge on any atom is -0.481 e. The second-order valence-electron chi connectivity index (χ2n) is 9.89. The van der Waals surface area contributed by atoms with E-state index in [1.807, 2.05) is 79.9 Å². The second kappa shape index (κ2) is 8.64. The number of hydrogen-bond acceptors (Lipinski definition) is 4. The zero-order valence-electron chi connectivity index (χ0n) is 20.5. The summed E-state index contributed by atoms with van der Waals surface area (Å²) in [6, 6.07) is 21.2. The Balaban J connectivity index is 1.25. The number of benzene rings is 3. The molecule has 1 fully saturated rings. The van der Waals surface area contributed by atoms with Crippen molar-refractivity contribution in [2.45, 2.75) is 31.8 Å². The highest BCUT2D eigenvalue weighted by Gasteiger charge is 2.44. The number of hydrogen-bond donors (Lipinski definition) is 4. The van der Waals surface area contributed by atoms with E-state index in [0.717, 1.165) is 33.3 Å². The van der Waals surface area contributed by atoms with Crippen LogP contribution in [0.5, 0.6) is 11.5 Å². The number of nitrogens with one attached hydrogen (secondary N) is 2. The molecule has 1 saturated carbocycles. The summed E-state index contributed by atoms with van der Waals surface area (Å²) in [4.78, 5) is 22.3. The second-order valence-corrected chi connectivity index (χ2v) is 9.89. The molecule has 1 aliphatic rings. The van der Waals surface area contributed by atoms with Gasteiger partial charge in [-0.05, 0) is 67.6 Å². The summed E-state index contributed by atoms with van der Waals surface area (Å²) in [5.41, 5.74) is 3.79. The minimum absolute atomic E-state index is 0.00471. The van der Waals surface area contributed by atoms with Gasteiger partial charge in [-0.15, -0.1) is 0 Å². The first kappa shape index (κ1) is 23.1. The summed E-state index contributed by atoms with van der Waals surface area (Å²) < 4.78 is 6.21. The molecule has 0 aliphatic heterocycles. The van der Waals surface area contributed by atoms with Gasteiger partial charge in [-0.1, -0.05) is 36.4 Å². The molecule has 0 amide bonds. The SMILES string of the molecule is Cc1c(Oc2cccc(-c3ncc(C(C)(O)c4cccc(C5CC5C(=O)O)c4)[nH]3)c2)ccc2[nH]ccc12. The smallest absolute Gasteiger partial charge is 0.307 e. The predicted octanol–water partition coefficient (Wildman–Crippen LogP) is 6.10. The molecule has 6 rings (SSSR count). The zero-order chi connectivity index (χ0) is 25.7. The van der Waals surface area contributed by atoms with E-state index in [2.05, 4.69) is 15.0 Å². The van der Waals surface area contributed by atoms with E-state index in [4.69, 9.17) is 4.74 Å². The van der Waals surface area contributed by atoms with E-state index in [1.165, 1.54) is 0 Å². The summed E-state index contributed by atoms with van der Waals surface area (Å²) in [6.45, 7) is 3.75. The molecule has 3 atom stereocenters. The number of aliphatic carboxylic acids is 1. The van der Waals surface area contributed by atoms with Crippen LogP contribution in [-0.2, 0) is 10.4 Å². The highest BCUT2D eigenvalue weighted by Crippen LogP contribution is 2.48. The molecule has 186 valence electrons. The van der Waals surface area contributed by atoms with Crippen molar-refractivity contribution in [3.05, 3.63) is 102 Å². The Bertz CT molecular complexity index is 1630. The van der Waals surface area contributed by atoms with Crippen LogP contribution in [-0.4, -0.2) is 31.1 Å². The fourth-order valence-corrected chi connectivity index (χ4v) is 4.99. The quantitative estimate of drug-likeness (QED) is 0.219. The van der Waals surface area contributed by atoms with Gasteiger partial charge in [0, 0.05) is 28.2 Å². The van der Waals surface area contributed by atoms with Gasteiger partial charge in [-0.3, -0.25) is 4.79 Å². The Morgan fingerprint density at radius 2 is 1.95 bits per heavy atom. The first-order valence-electron chi connectivity index (χ1n) is 12.3. The van der Waals surface area contributed by atoms with Gasteiger partial charge in [0.2, 0.25) is 0 Å². The average molecular weight is 494 g/mol. The van der Waals surface area contributed by atoms with Crippen molar-refractivity contribution in [3.63, 3.8) is 0 Å². The summed E-state index contributed by atoms with van der Waals surface area (Å²) in [7, 11) is 0. The highest BCUT2D eigenvalue weighted by molar-refractivity contribution is 5.85. The van der Waals surface area contributed by atoms with Crippen LogP contribution in [0.1, 0.15) is 41.6 Å². The number of aryl methyl sites for hydroxylation is 1. The van der Waals surface area contributed by atoms with Crippen molar-refractivity contribution < 1.29 is 19.7 Å². The average Bonchev–Trinajstić information content (AvgIpc) is 3.29. The van der Waals surface area contributed by atoms with Gasteiger partial charge in [-0.2, -0.15) is 0 Å². The number of aromatic nitrogens is 3. The van der Waals surface area contributed by atoms with E-state index in [1.54, 1.807) is 13.1 Å². The number of nitrogens with zero attached hydrogens (tertiary/aromatic N) is 1. The topological polar surface area (TPSA) is 111 Å². The lowest BCUT2D eigenvalue weighted by molar-refractivity contribution is -0.138. The number of carboxylic acid groups (broad SMARTS) is 1. The van der Waals surface area contributed by atoms with Crippen molar-refractivity contribution in [1.82, 2.24) is 15.0 Å². The standard InChI is InChI=1S/C30H27N3O4/c1-17-22-11-12-31-25(22)9-10-26(17)37-21-8-4-6-19(14-21)28-32-16-27(33-28)30(2,36)20-7-3-5-18(13-20)23-15-24(23)29(34)35/h3-14,16,23-24,31,36H,15H2,1-2H3,(H,32,33)(H,34,35). The van der Waals surface area contributed by atoms with E-state index in [0.29, 0.717) is 29.3 Å². The van der Waals surface area contributed by atoms with Gasteiger partial charge in [0.15, 0.2) is 0 Å². The third-order valence-corrected chi connectivity index (χ3v) is 7.37. The molecule has 1 aliphatic carbocycles. The van der Waals surface area contributed by atoms with Gasteiger partial charge in [0.1, 0.15) is 22.9 Å². The molecule has 5 aromatic rings. The normalized spacial score (nSPS) is 18.5. The number of imidazole rings is 1. The van der Waals surface area contributed by atoms with E-state index in [9.17, 15) is 15.0 Å². The maximum Gasteiger partial charge on any atom is 0.307 e. The fourth-order valence-electron chi connectivity index (χ4n) is 4.99. The molecule has 0 radical (unpaired) electrons. The number of carbonyl (C=O) groups is 1. The lowest BCUT2D eigenvalue weighted by Crippen LogP contribution is -2.23. The summed E-state index contributed by atoms with van der Waals surface area (Å²) in [5.74, 6) is 0.963. The first-order chi connectivity index (χ1) is 17.8. The molecule has 0 saturated heterocycles. The van der Waals surface area contributed by atoms with Crippen LogP contribution in [0.15, 0.2) is 79.1 Å². The Morgan fingerprint density at radius 1 is 1.11 bits per heavy atom. The third-order valence-electron chi connectivity index (χ3n) is 7.37. The highest BCUT2D eigenvalue weighted by atomic mass is 16.5. The molecular weight excluding hydrogens is 466 g/mol. The van der Waals surface area contributed by atoms with Gasteiger partial charge in [0.05, 0.1) is 17.8 Å². The number of H-pyrrole nitrogens is 2. The van der Waals surface area contributed by atoms with Crippen LogP contribution in [0.3, 0.4) is 0 Å².